The molecular weight excluding hydrogens is 235 g/mol. The van der Waals surface area contributed by atoms with Gasteiger partial charge in [0.1, 0.15) is 10.8 Å². The maximum absolute atomic E-state index is 9.85. The molecule has 0 aliphatic carbocycles. The van der Waals surface area contributed by atoms with E-state index in [9.17, 15) is 5.11 Å². The minimum atomic E-state index is 0.0744. The van der Waals surface area contributed by atoms with E-state index in [1.807, 2.05) is 0 Å². The molecule has 0 radical (unpaired) electrons. The van der Waals surface area contributed by atoms with Crippen LogP contribution in [-0.4, -0.2) is 24.7 Å². The molecule has 1 atom stereocenters. The monoisotopic (exact) mass is 246 g/mol. The van der Waals surface area contributed by atoms with Crippen LogP contribution in [0.1, 0.15) is 11.6 Å². The van der Waals surface area contributed by atoms with Gasteiger partial charge in [-0.05, 0) is 6.07 Å². The average Bonchev–Trinajstić information content (AvgIpc) is 2.27. The van der Waals surface area contributed by atoms with Crippen molar-refractivity contribution in [3.8, 4) is 5.75 Å². The lowest BCUT2D eigenvalue weighted by Gasteiger charge is -2.25. The van der Waals surface area contributed by atoms with Gasteiger partial charge in [-0.2, -0.15) is 0 Å². The number of phenols is 1. The SMILES string of the molecule is Oc1c([C@H]2CNCCN2)ccc(Cl)c1Cl. The second kappa shape index (κ2) is 4.58. The number of benzene rings is 1. The minimum absolute atomic E-state index is 0.0744. The van der Waals surface area contributed by atoms with E-state index in [2.05, 4.69) is 10.6 Å². The highest BCUT2D eigenvalue weighted by atomic mass is 35.5. The van der Waals surface area contributed by atoms with Gasteiger partial charge in [0.15, 0.2) is 0 Å². The molecule has 82 valence electrons. The second-order valence-corrected chi connectivity index (χ2v) is 4.30. The Kier molecular flexibility index (Phi) is 3.36. The summed E-state index contributed by atoms with van der Waals surface area (Å²) < 4.78 is 0. The Labute approximate surface area is 98.4 Å². The summed E-state index contributed by atoms with van der Waals surface area (Å²) in [5, 5.41) is 17.0. The van der Waals surface area contributed by atoms with Crippen LogP contribution >= 0.6 is 23.2 Å². The molecule has 1 aromatic carbocycles. The largest absolute Gasteiger partial charge is 0.506 e. The van der Waals surface area contributed by atoms with Crippen LogP contribution in [0.5, 0.6) is 5.75 Å². The van der Waals surface area contributed by atoms with Crippen molar-refractivity contribution in [2.75, 3.05) is 19.6 Å². The molecule has 0 unspecified atom stereocenters. The van der Waals surface area contributed by atoms with E-state index < -0.39 is 0 Å². The first-order valence-electron chi connectivity index (χ1n) is 4.81. The number of rotatable bonds is 1. The van der Waals surface area contributed by atoms with Crippen LogP contribution in [0, 0.1) is 0 Å². The molecule has 1 aliphatic rings. The summed E-state index contributed by atoms with van der Waals surface area (Å²) in [6, 6.07) is 3.59. The fourth-order valence-corrected chi connectivity index (χ4v) is 2.03. The zero-order valence-electron chi connectivity index (χ0n) is 8.06. The molecular formula is C10H12Cl2N2O. The third-order valence-corrected chi connectivity index (χ3v) is 3.31. The van der Waals surface area contributed by atoms with Crippen LogP contribution in [0.4, 0.5) is 0 Å². The topological polar surface area (TPSA) is 44.3 Å². The minimum Gasteiger partial charge on any atom is -0.506 e. The van der Waals surface area contributed by atoms with Crippen molar-refractivity contribution in [2.24, 2.45) is 0 Å². The molecule has 0 amide bonds. The lowest BCUT2D eigenvalue weighted by Crippen LogP contribution is -2.42. The number of hydrogen-bond acceptors (Lipinski definition) is 3. The summed E-state index contributed by atoms with van der Waals surface area (Å²) >= 11 is 11.7. The van der Waals surface area contributed by atoms with E-state index >= 15 is 0 Å². The molecule has 0 aromatic heterocycles. The predicted octanol–water partition coefficient (Wildman–Crippen LogP) is 1.93. The molecule has 1 aliphatic heterocycles. The summed E-state index contributed by atoms with van der Waals surface area (Å²) in [6.07, 6.45) is 0. The average molecular weight is 247 g/mol. The summed E-state index contributed by atoms with van der Waals surface area (Å²) in [5.41, 5.74) is 0.789. The van der Waals surface area contributed by atoms with E-state index in [1.165, 1.54) is 0 Å². The number of piperazine rings is 1. The van der Waals surface area contributed by atoms with Gasteiger partial charge < -0.3 is 15.7 Å². The molecule has 0 saturated carbocycles. The molecule has 15 heavy (non-hydrogen) atoms. The Morgan fingerprint density at radius 3 is 2.73 bits per heavy atom. The van der Waals surface area contributed by atoms with Gasteiger partial charge >= 0.3 is 0 Å². The van der Waals surface area contributed by atoms with E-state index in [1.54, 1.807) is 12.1 Å². The van der Waals surface area contributed by atoms with Crippen LogP contribution in [0.2, 0.25) is 10.0 Å². The number of halogens is 2. The van der Waals surface area contributed by atoms with Gasteiger partial charge in [0, 0.05) is 31.2 Å². The zero-order chi connectivity index (χ0) is 10.8. The number of phenolic OH excluding ortho intramolecular Hbond substituents is 1. The predicted molar refractivity (Wildman–Crippen MR) is 61.7 cm³/mol. The fourth-order valence-electron chi connectivity index (χ4n) is 1.71. The van der Waals surface area contributed by atoms with Crippen molar-refractivity contribution in [1.29, 1.82) is 0 Å². The summed E-state index contributed by atoms with van der Waals surface area (Å²) in [5.74, 6) is 0.0744. The Balaban J connectivity index is 2.31. The van der Waals surface area contributed by atoms with Crippen LogP contribution in [-0.2, 0) is 0 Å². The first-order valence-corrected chi connectivity index (χ1v) is 5.56. The normalized spacial score (nSPS) is 21.6. The maximum atomic E-state index is 9.85. The lowest BCUT2D eigenvalue weighted by atomic mass is 10.0. The molecule has 1 aromatic rings. The third kappa shape index (κ3) is 2.21. The molecule has 1 saturated heterocycles. The van der Waals surface area contributed by atoms with E-state index in [-0.39, 0.29) is 16.8 Å². The van der Waals surface area contributed by atoms with Crippen molar-refractivity contribution in [3.63, 3.8) is 0 Å². The van der Waals surface area contributed by atoms with Crippen molar-refractivity contribution in [1.82, 2.24) is 10.6 Å². The van der Waals surface area contributed by atoms with Crippen LogP contribution in [0.3, 0.4) is 0 Å². The third-order valence-electron chi connectivity index (χ3n) is 2.52. The number of nitrogens with one attached hydrogen (secondary N) is 2. The summed E-state index contributed by atoms with van der Waals surface area (Å²) in [6.45, 7) is 2.61. The second-order valence-electron chi connectivity index (χ2n) is 3.51. The highest BCUT2D eigenvalue weighted by Crippen LogP contribution is 2.36. The Hall–Kier alpha value is -0.480. The Morgan fingerprint density at radius 1 is 1.27 bits per heavy atom. The van der Waals surface area contributed by atoms with Crippen LogP contribution in [0.25, 0.3) is 0 Å². The Morgan fingerprint density at radius 2 is 2.07 bits per heavy atom. The fraction of sp³-hybridized carbons (Fsp3) is 0.400. The molecule has 0 bridgehead atoms. The zero-order valence-corrected chi connectivity index (χ0v) is 9.57. The van der Waals surface area contributed by atoms with Gasteiger partial charge in [0.2, 0.25) is 0 Å². The molecule has 1 fully saturated rings. The van der Waals surface area contributed by atoms with Gasteiger partial charge in [-0.15, -0.1) is 0 Å². The van der Waals surface area contributed by atoms with Crippen molar-refractivity contribution in [2.45, 2.75) is 6.04 Å². The lowest BCUT2D eigenvalue weighted by molar-refractivity contribution is 0.404. The van der Waals surface area contributed by atoms with Crippen molar-refractivity contribution in [3.05, 3.63) is 27.7 Å². The smallest absolute Gasteiger partial charge is 0.140 e. The number of aromatic hydroxyl groups is 1. The highest BCUT2D eigenvalue weighted by molar-refractivity contribution is 6.43. The van der Waals surface area contributed by atoms with Gasteiger partial charge in [-0.1, -0.05) is 29.3 Å². The summed E-state index contributed by atoms with van der Waals surface area (Å²) in [4.78, 5) is 0. The van der Waals surface area contributed by atoms with E-state index in [0.29, 0.717) is 5.02 Å². The van der Waals surface area contributed by atoms with Crippen molar-refractivity contribution < 1.29 is 5.11 Å². The summed E-state index contributed by atoms with van der Waals surface area (Å²) in [7, 11) is 0. The molecule has 2 rings (SSSR count). The highest BCUT2D eigenvalue weighted by Gasteiger charge is 2.19. The molecule has 0 spiro atoms. The van der Waals surface area contributed by atoms with Gasteiger partial charge in [0.05, 0.1) is 5.02 Å². The first kappa shape index (κ1) is 11.0. The maximum Gasteiger partial charge on any atom is 0.140 e. The molecule has 5 heteroatoms. The van der Waals surface area contributed by atoms with Crippen LogP contribution < -0.4 is 10.6 Å². The van der Waals surface area contributed by atoms with Crippen molar-refractivity contribution >= 4 is 23.2 Å². The van der Waals surface area contributed by atoms with Gasteiger partial charge in [-0.25, -0.2) is 0 Å². The molecule has 3 nitrogen and oxygen atoms in total. The van der Waals surface area contributed by atoms with Gasteiger partial charge in [0.25, 0.3) is 0 Å². The standard InChI is InChI=1S/C10H12Cl2N2O/c11-7-2-1-6(10(15)9(7)12)8-5-13-3-4-14-8/h1-2,8,13-15H,3-5H2/t8-/m1/s1. The Bertz CT molecular complexity index is 365. The molecule has 3 N–H and O–H groups in total. The molecule has 1 heterocycles. The quantitative estimate of drug-likeness (QED) is 0.710. The first-order chi connectivity index (χ1) is 7.20. The van der Waals surface area contributed by atoms with E-state index in [0.717, 1.165) is 25.2 Å². The number of hydrogen-bond donors (Lipinski definition) is 3. The van der Waals surface area contributed by atoms with E-state index in [4.69, 9.17) is 23.2 Å². The van der Waals surface area contributed by atoms with Crippen LogP contribution in [0.15, 0.2) is 12.1 Å². The van der Waals surface area contributed by atoms with Gasteiger partial charge in [-0.3, -0.25) is 0 Å².